The molecule has 1 amide bonds. The monoisotopic (exact) mass is 330 g/mol. The fourth-order valence-corrected chi connectivity index (χ4v) is 2.11. The van der Waals surface area contributed by atoms with E-state index in [2.05, 4.69) is 27.8 Å². The minimum absolute atomic E-state index is 0.175. The topological polar surface area (TPSA) is 85.4 Å². The summed E-state index contributed by atoms with van der Waals surface area (Å²) in [5.41, 5.74) is 0.819. The quantitative estimate of drug-likeness (QED) is 0.773. The van der Waals surface area contributed by atoms with Crippen molar-refractivity contribution in [2.24, 2.45) is 0 Å². The van der Waals surface area contributed by atoms with Gasteiger partial charge in [-0.1, -0.05) is 13.0 Å². The second-order valence-electron chi connectivity index (χ2n) is 5.14. The number of amides is 1. The fraction of sp³-hybridized carbons (Fsp3) is 0.353. The molecule has 24 heavy (non-hydrogen) atoms. The molecule has 0 fully saturated rings. The Labute approximate surface area is 141 Å². The van der Waals surface area contributed by atoms with Gasteiger partial charge in [-0.2, -0.15) is 0 Å². The molecule has 0 radical (unpaired) electrons. The molecule has 7 nitrogen and oxygen atoms in total. The molecule has 2 N–H and O–H groups in total. The third-order valence-electron chi connectivity index (χ3n) is 3.30. The highest BCUT2D eigenvalue weighted by Crippen LogP contribution is 2.27. The molecule has 1 aromatic heterocycles. The Morgan fingerprint density at radius 1 is 1.04 bits per heavy atom. The predicted molar refractivity (Wildman–Crippen MR) is 92.7 cm³/mol. The number of methoxy groups -OCH3 is 2. The zero-order valence-corrected chi connectivity index (χ0v) is 14.1. The van der Waals surface area contributed by atoms with Gasteiger partial charge in [-0.3, -0.25) is 4.79 Å². The van der Waals surface area contributed by atoms with Crippen LogP contribution in [0.5, 0.6) is 11.5 Å². The maximum Gasteiger partial charge on any atom is 0.229 e. The normalized spacial score (nSPS) is 10.1. The number of aromatic nitrogens is 2. The zero-order valence-electron chi connectivity index (χ0n) is 14.1. The molecular formula is C17H22N4O3. The van der Waals surface area contributed by atoms with Crippen LogP contribution >= 0.6 is 0 Å². The highest BCUT2D eigenvalue weighted by atomic mass is 16.5. The summed E-state index contributed by atoms with van der Waals surface area (Å²) in [7, 11) is 3.13. The average Bonchev–Trinajstić information content (AvgIpc) is 2.61. The molecule has 0 unspecified atom stereocenters. The third kappa shape index (κ3) is 4.84. The van der Waals surface area contributed by atoms with Gasteiger partial charge >= 0.3 is 0 Å². The van der Waals surface area contributed by atoms with Gasteiger partial charge in [0.1, 0.15) is 5.82 Å². The van der Waals surface area contributed by atoms with Gasteiger partial charge < -0.3 is 20.1 Å². The highest BCUT2D eigenvalue weighted by molar-refractivity contribution is 5.91. The summed E-state index contributed by atoms with van der Waals surface area (Å²) in [4.78, 5) is 12.1. The minimum Gasteiger partial charge on any atom is -0.493 e. The van der Waals surface area contributed by atoms with Crippen LogP contribution in [-0.2, 0) is 11.2 Å². The fourth-order valence-electron chi connectivity index (χ4n) is 2.11. The van der Waals surface area contributed by atoms with Crippen LogP contribution in [-0.4, -0.2) is 36.9 Å². The van der Waals surface area contributed by atoms with Gasteiger partial charge in [0.25, 0.3) is 0 Å². The number of hydrogen-bond acceptors (Lipinski definition) is 6. The third-order valence-corrected chi connectivity index (χ3v) is 3.30. The van der Waals surface area contributed by atoms with E-state index in [1.807, 2.05) is 6.07 Å². The van der Waals surface area contributed by atoms with Gasteiger partial charge in [0.2, 0.25) is 5.91 Å². The second kappa shape index (κ2) is 8.71. The zero-order chi connectivity index (χ0) is 17.4. The van der Waals surface area contributed by atoms with Crippen molar-refractivity contribution in [1.82, 2.24) is 10.2 Å². The van der Waals surface area contributed by atoms with E-state index < -0.39 is 0 Å². The first-order chi connectivity index (χ1) is 11.7. The molecule has 0 spiro atoms. The van der Waals surface area contributed by atoms with Crippen molar-refractivity contribution >= 4 is 17.5 Å². The lowest BCUT2D eigenvalue weighted by molar-refractivity contribution is -0.115. The van der Waals surface area contributed by atoms with Crippen LogP contribution in [0, 0.1) is 0 Å². The van der Waals surface area contributed by atoms with E-state index in [-0.39, 0.29) is 12.3 Å². The molecule has 1 aromatic carbocycles. The molecule has 7 heteroatoms. The van der Waals surface area contributed by atoms with Gasteiger partial charge in [-0.05, 0) is 36.2 Å². The van der Waals surface area contributed by atoms with Crippen LogP contribution < -0.4 is 20.1 Å². The van der Waals surface area contributed by atoms with E-state index in [4.69, 9.17) is 9.47 Å². The molecule has 0 aliphatic carbocycles. The molecule has 1 heterocycles. The van der Waals surface area contributed by atoms with Gasteiger partial charge in [0.05, 0.1) is 20.6 Å². The standard InChI is InChI=1S/C17H22N4O3/c1-4-9-18-15-7-8-16(21-20-15)19-17(22)11-12-5-6-13(23-2)14(10-12)24-3/h5-8,10H,4,9,11H2,1-3H3,(H,18,20)(H,19,21,22). The number of carbonyl (C=O) groups excluding carboxylic acids is 1. The van der Waals surface area contributed by atoms with E-state index >= 15 is 0 Å². The van der Waals surface area contributed by atoms with E-state index in [0.29, 0.717) is 23.1 Å². The molecule has 2 rings (SSSR count). The Kier molecular flexibility index (Phi) is 6.36. The SMILES string of the molecule is CCCNc1ccc(NC(=O)Cc2ccc(OC)c(OC)c2)nn1. The smallest absolute Gasteiger partial charge is 0.229 e. The Bertz CT molecular complexity index is 674. The largest absolute Gasteiger partial charge is 0.493 e. The maximum atomic E-state index is 12.1. The number of ether oxygens (including phenoxy) is 2. The van der Waals surface area contributed by atoms with Crippen LogP contribution in [0.1, 0.15) is 18.9 Å². The van der Waals surface area contributed by atoms with Crippen LogP contribution in [0.2, 0.25) is 0 Å². The molecule has 0 saturated heterocycles. The average molecular weight is 330 g/mol. The molecule has 0 aliphatic heterocycles. The number of anilines is 2. The van der Waals surface area contributed by atoms with Crippen molar-refractivity contribution in [3.8, 4) is 11.5 Å². The highest BCUT2D eigenvalue weighted by Gasteiger charge is 2.09. The summed E-state index contributed by atoms with van der Waals surface area (Å²) >= 11 is 0. The van der Waals surface area contributed by atoms with E-state index in [1.54, 1.807) is 38.5 Å². The number of carbonyl (C=O) groups is 1. The molecule has 0 atom stereocenters. The Balaban J connectivity index is 1.95. The van der Waals surface area contributed by atoms with Crippen molar-refractivity contribution in [2.75, 3.05) is 31.4 Å². The summed E-state index contributed by atoms with van der Waals surface area (Å²) < 4.78 is 10.4. The molecule has 2 aromatic rings. The second-order valence-corrected chi connectivity index (χ2v) is 5.14. The Morgan fingerprint density at radius 3 is 2.38 bits per heavy atom. The first-order valence-electron chi connectivity index (χ1n) is 7.74. The van der Waals surface area contributed by atoms with Crippen molar-refractivity contribution in [3.63, 3.8) is 0 Å². The molecular weight excluding hydrogens is 308 g/mol. The Morgan fingerprint density at radius 2 is 1.75 bits per heavy atom. The number of nitrogens with one attached hydrogen (secondary N) is 2. The van der Waals surface area contributed by atoms with E-state index in [1.165, 1.54) is 0 Å². The number of hydrogen-bond donors (Lipinski definition) is 2. The van der Waals surface area contributed by atoms with Crippen LogP contribution in [0.4, 0.5) is 11.6 Å². The van der Waals surface area contributed by atoms with Gasteiger partial charge in [-0.15, -0.1) is 10.2 Å². The minimum atomic E-state index is -0.175. The van der Waals surface area contributed by atoms with Crippen LogP contribution in [0.3, 0.4) is 0 Å². The van der Waals surface area contributed by atoms with Crippen LogP contribution in [0.15, 0.2) is 30.3 Å². The lowest BCUT2D eigenvalue weighted by Crippen LogP contribution is -2.16. The maximum absolute atomic E-state index is 12.1. The molecule has 0 aliphatic rings. The lowest BCUT2D eigenvalue weighted by atomic mass is 10.1. The first-order valence-corrected chi connectivity index (χ1v) is 7.74. The van der Waals surface area contributed by atoms with Crippen molar-refractivity contribution < 1.29 is 14.3 Å². The molecule has 128 valence electrons. The van der Waals surface area contributed by atoms with Gasteiger partial charge in [-0.25, -0.2) is 0 Å². The van der Waals surface area contributed by atoms with Crippen molar-refractivity contribution in [3.05, 3.63) is 35.9 Å². The van der Waals surface area contributed by atoms with Crippen LogP contribution in [0.25, 0.3) is 0 Å². The molecule has 0 saturated carbocycles. The van der Waals surface area contributed by atoms with Gasteiger partial charge in [0.15, 0.2) is 17.3 Å². The number of nitrogens with zero attached hydrogens (tertiary/aromatic N) is 2. The van der Waals surface area contributed by atoms with Crippen molar-refractivity contribution in [2.45, 2.75) is 19.8 Å². The number of benzene rings is 1. The summed E-state index contributed by atoms with van der Waals surface area (Å²) in [5.74, 6) is 2.15. The summed E-state index contributed by atoms with van der Waals surface area (Å²) in [6.07, 6.45) is 1.21. The summed E-state index contributed by atoms with van der Waals surface area (Å²) in [6, 6.07) is 8.88. The van der Waals surface area contributed by atoms with E-state index in [9.17, 15) is 4.79 Å². The lowest BCUT2D eigenvalue weighted by Gasteiger charge is -2.10. The van der Waals surface area contributed by atoms with Gasteiger partial charge in [0, 0.05) is 6.54 Å². The predicted octanol–water partition coefficient (Wildman–Crippen LogP) is 2.50. The Hall–Kier alpha value is -2.83. The summed E-state index contributed by atoms with van der Waals surface area (Å²) in [6.45, 7) is 2.91. The summed E-state index contributed by atoms with van der Waals surface area (Å²) in [5, 5.41) is 13.9. The van der Waals surface area contributed by atoms with Crippen molar-refractivity contribution in [1.29, 1.82) is 0 Å². The van der Waals surface area contributed by atoms with E-state index in [0.717, 1.165) is 18.5 Å². The number of rotatable bonds is 8. The molecule has 0 bridgehead atoms. The first kappa shape index (κ1) is 17.5.